The summed E-state index contributed by atoms with van der Waals surface area (Å²) in [4.78, 5) is 24.8. The van der Waals surface area contributed by atoms with Crippen LogP contribution in [-0.4, -0.2) is 24.7 Å². The number of carbonyl (C=O) groups excluding carboxylic acids is 2. The maximum absolute atomic E-state index is 12.5. The van der Waals surface area contributed by atoms with Gasteiger partial charge in [0.05, 0.1) is 18.7 Å². The standard InChI is InChI=1S/C26H24N2O4/c1-26(24(29)31-2,28-25(30)32-18-21-6-4-3-5-7-21)16-19-8-12-22(13-9-19)23-14-10-20(17-27)11-15-23/h3-15H,16,18H2,1-2H3,(H,28,30)/t26-/m0/s1. The summed E-state index contributed by atoms with van der Waals surface area (Å²) < 4.78 is 10.2. The fourth-order valence-electron chi connectivity index (χ4n) is 3.34. The zero-order chi connectivity index (χ0) is 23.0. The molecule has 3 aromatic rings. The molecule has 0 aliphatic carbocycles. The number of hydrogen-bond donors (Lipinski definition) is 1. The number of esters is 1. The first-order valence-corrected chi connectivity index (χ1v) is 10.1. The number of methoxy groups -OCH3 is 1. The molecule has 0 aromatic heterocycles. The van der Waals surface area contributed by atoms with E-state index >= 15 is 0 Å². The Bertz CT molecular complexity index is 1100. The minimum Gasteiger partial charge on any atom is -0.467 e. The lowest BCUT2D eigenvalue weighted by molar-refractivity contribution is -0.147. The first-order chi connectivity index (χ1) is 15.4. The van der Waals surface area contributed by atoms with Gasteiger partial charge in [-0.05, 0) is 41.3 Å². The van der Waals surface area contributed by atoms with Crippen LogP contribution in [0.1, 0.15) is 23.6 Å². The molecule has 6 heteroatoms. The van der Waals surface area contributed by atoms with Gasteiger partial charge in [-0.1, -0.05) is 66.7 Å². The molecule has 0 unspecified atom stereocenters. The minimum atomic E-state index is -1.29. The van der Waals surface area contributed by atoms with Gasteiger partial charge in [-0.25, -0.2) is 9.59 Å². The van der Waals surface area contributed by atoms with Crippen molar-refractivity contribution < 1.29 is 19.1 Å². The fourth-order valence-corrected chi connectivity index (χ4v) is 3.34. The van der Waals surface area contributed by atoms with E-state index in [0.29, 0.717) is 5.56 Å². The number of amides is 1. The highest BCUT2D eigenvalue weighted by Crippen LogP contribution is 2.23. The Morgan fingerprint density at radius 1 is 0.906 bits per heavy atom. The summed E-state index contributed by atoms with van der Waals surface area (Å²) in [5.41, 5.74) is 2.96. The molecular formula is C26H24N2O4. The van der Waals surface area contributed by atoms with Gasteiger partial charge in [0.2, 0.25) is 0 Å². The summed E-state index contributed by atoms with van der Waals surface area (Å²) in [6.07, 6.45) is -0.468. The van der Waals surface area contributed by atoms with E-state index in [1.165, 1.54) is 7.11 Å². The third-order valence-electron chi connectivity index (χ3n) is 5.09. The smallest absolute Gasteiger partial charge is 0.408 e. The van der Waals surface area contributed by atoms with Gasteiger partial charge in [-0.3, -0.25) is 0 Å². The molecule has 0 bridgehead atoms. The maximum atomic E-state index is 12.5. The van der Waals surface area contributed by atoms with Gasteiger partial charge in [0.15, 0.2) is 0 Å². The van der Waals surface area contributed by atoms with Gasteiger partial charge in [-0.2, -0.15) is 5.26 Å². The number of hydrogen-bond acceptors (Lipinski definition) is 5. The van der Waals surface area contributed by atoms with E-state index in [-0.39, 0.29) is 13.0 Å². The molecule has 0 aliphatic heterocycles. The van der Waals surface area contributed by atoms with Crippen LogP contribution in [0.2, 0.25) is 0 Å². The zero-order valence-corrected chi connectivity index (χ0v) is 18.0. The van der Waals surface area contributed by atoms with E-state index in [2.05, 4.69) is 11.4 Å². The lowest BCUT2D eigenvalue weighted by Crippen LogP contribution is -2.54. The summed E-state index contributed by atoms with van der Waals surface area (Å²) in [6.45, 7) is 1.71. The summed E-state index contributed by atoms with van der Waals surface area (Å²) >= 11 is 0. The number of alkyl carbamates (subject to hydrolysis) is 1. The van der Waals surface area contributed by atoms with Crippen molar-refractivity contribution in [2.75, 3.05) is 7.11 Å². The molecule has 0 fully saturated rings. The van der Waals surface area contributed by atoms with Crippen molar-refractivity contribution in [2.45, 2.75) is 25.5 Å². The normalized spacial score (nSPS) is 12.2. The Balaban J connectivity index is 1.69. The van der Waals surface area contributed by atoms with E-state index in [4.69, 9.17) is 14.7 Å². The van der Waals surface area contributed by atoms with Gasteiger partial charge < -0.3 is 14.8 Å². The highest BCUT2D eigenvalue weighted by molar-refractivity contribution is 5.85. The number of nitrogens with one attached hydrogen (secondary N) is 1. The summed E-state index contributed by atoms with van der Waals surface area (Å²) in [7, 11) is 1.28. The van der Waals surface area contributed by atoms with Gasteiger partial charge in [0.1, 0.15) is 12.1 Å². The molecule has 1 amide bonds. The number of nitrogens with zero attached hydrogens (tertiary/aromatic N) is 1. The predicted molar refractivity (Wildman–Crippen MR) is 120 cm³/mol. The molecule has 0 heterocycles. The fraction of sp³-hybridized carbons (Fsp3) is 0.192. The van der Waals surface area contributed by atoms with Gasteiger partial charge in [-0.15, -0.1) is 0 Å². The van der Waals surface area contributed by atoms with Gasteiger partial charge in [0.25, 0.3) is 0 Å². The van der Waals surface area contributed by atoms with E-state index < -0.39 is 17.6 Å². The van der Waals surface area contributed by atoms with E-state index in [0.717, 1.165) is 22.3 Å². The number of benzene rings is 3. The second-order valence-electron chi connectivity index (χ2n) is 7.57. The van der Waals surface area contributed by atoms with Gasteiger partial charge >= 0.3 is 12.1 Å². The van der Waals surface area contributed by atoms with Crippen molar-refractivity contribution in [3.05, 3.63) is 95.6 Å². The van der Waals surface area contributed by atoms with Crippen LogP contribution in [0.25, 0.3) is 11.1 Å². The molecule has 3 aromatic carbocycles. The Morgan fingerprint density at radius 2 is 1.50 bits per heavy atom. The van der Waals surface area contributed by atoms with Crippen LogP contribution < -0.4 is 5.32 Å². The molecule has 0 saturated heterocycles. The highest BCUT2D eigenvalue weighted by atomic mass is 16.6. The maximum Gasteiger partial charge on any atom is 0.408 e. The van der Waals surface area contributed by atoms with E-state index in [1.807, 2.05) is 66.7 Å². The monoisotopic (exact) mass is 428 g/mol. The quantitative estimate of drug-likeness (QED) is 0.555. The molecule has 0 spiro atoms. The highest BCUT2D eigenvalue weighted by Gasteiger charge is 2.37. The van der Waals surface area contributed by atoms with Gasteiger partial charge in [0, 0.05) is 6.42 Å². The summed E-state index contributed by atoms with van der Waals surface area (Å²) in [5, 5.41) is 11.6. The average Bonchev–Trinajstić information content (AvgIpc) is 2.83. The van der Waals surface area contributed by atoms with Crippen LogP contribution in [0.15, 0.2) is 78.9 Å². The summed E-state index contributed by atoms with van der Waals surface area (Å²) in [5.74, 6) is -0.565. The SMILES string of the molecule is COC(=O)[C@](C)(Cc1ccc(-c2ccc(C#N)cc2)cc1)NC(=O)OCc1ccccc1. The number of ether oxygens (including phenoxy) is 2. The third kappa shape index (κ3) is 5.73. The molecule has 0 aliphatic rings. The molecular weight excluding hydrogens is 404 g/mol. The molecule has 3 rings (SSSR count). The molecule has 32 heavy (non-hydrogen) atoms. The number of carbonyl (C=O) groups is 2. The molecule has 1 N–H and O–H groups in total. The molecule has 1 atom stereocenters. The molecule has 6 nitrogen and oxygen atoms in total. The van der Waals surface area contributed by atoms with E-state index in [9.17, 15) is 9.59 Å². The predicted octanol–water partition coefficient (Wildman–Crippen LogP) is 4.63. The first kappa shape index (κ1) is 22.6. The van der Waals surface area contributed by atoms with Crippen LogP contribution >= 0.6 is 0 Å². The van der Waals surface area contributed by atoms with Crippen LogP contribution in [0.3, 0.4) is 0 Å². The Morgan fingerprint density at radius 3 is 2.06 bits per heavy atom. The van der Waals surface area contributed by atoms with Crippen molar-refractivity contribution in [3.8, 4) is 17.2 Å². The molecule has 162 valence electrons. The van der Waals surface area contributed by atoms with Crippen molar-refractivity contribution in [1.82, 2.24) is 5.32 Å². The van der Waals surface area contributed by atoms with Crippen molar-refractivity contribution >= 4 is 12.1 Å². The lowest BCUT2D eigenvalue weighted by atomic mass is 9.91. The van der Waals surface area contributed by atoms with E-state index in [1.54, 1.807) is 19.1 Å². The topological polar surface area (TPSA) is 88.4 Å². The minimum absolute atomic E-state index is 0.100. The first-order valence-electron chi connectivity index (χ1n) is 10.1. The molecule has 0 saturated carbocycles. The average molecular weight is 428 g/mol. The Kier molecular flexibility index (Phi) is 7.25. The number of rotatable bonds is 7. The third-order valence-corrected chi connectivity index (χ3v) is 5.09. The van der Waals surface area contributed by atoms with Crippen LogP contribution in [0.4, 0.5) is 4.79 Å². The van der Waals surface area contributed by atoms with Crippen LogP contribution in [0.5, 0.6) is 0 Å². The second-order valence-corrected chi connectivity index (χ2v) is 7.57. The lowest BCUT2D eigenvalue weighted by Gasteiger charge is -2.27. The van der Waals surface area contributed by atoms with Crippen LogP contribution in [-0.2, 0) is 27.3 Å². The zero-order valence-electron chi connectivity index (χ0n) is 18.0. The largest absolute Gasteiger partial charge is 0.467 e. The van der Waals surface area contributed by atoms with Crippen molar-refractivity contribution in [2.24, 2.45) is 0 Å². The molecule has 0 radical (unpaired) electrons. The second kappa shape index (κ2) is 10.3. The van der Waals surface area contributed by atoms with Crippen molar-refractivity contribution in [1.29, 1.82) is 5.26 Å². The number of nitriles is 1. The Labute approximate surface area is 187 Å². The Hall–Kier alpha value is -4.11. The van der Waals surface area contributed by atoms with Crippen molar-refractivity contribution in [3.63, 3.8) is 0 Å². The summed E-state index contributed by atoms with van der Waals surface area (Å²) in [6, 6.07) is 26.4. The van der Waals surface area contributed by atoms with Crippen LogP contribution in [0, 0.1) is 11.3 Å².